The summed E-state index contributed by atoms with van der Waals surface area (Å²) in [5.41, 5.74) is 0. The van der Waals surface area contributed by atoms with Crippen LogP contribution in [0.2, 0.25) is 0 Å². The van der Waals surface area contributed by atoms with Crippen molar-refractivity contribution in [3.8, 4) is 0 Å². The maximum Gasteiger partial charge on any atom is 0.305 e. The zero-order valence-electron chi connectivity index (χ0n) is 7.20. The Kier molecular flexibility index (Phi) is 6.00. The van der Waals surface area contributed by atoms with Crippen LogP contribution in [0, 0.1) is 0 Å². The third-order valence-corrected chi connectivity index (χ3v) is 1.02. The summed E-state index contributed by atoms with van der Waals surface area (Å²) in [6.45, 7) is 3.67. The molecule has 0 aromatic rings. The van der Waals surface area contributed by atoms with E-state index in [1.165, 1.54) is 6.92 Å². The Morgan fingerprint density at radius 1 is 1.67 bits per heavy atom. The maximum atomic E-state index is 10.5. The lowest BCUT2D eigenvalue weighted by atomic mass is 10.6. The van der Waals surface area contributed by atoms with Gasteiger partial charge in [0.15, 0.2) is 0 Å². The van der Waals surface area contributed by atoms with Gasteiger partial charge in [-0.05, 0) is 6.92 Å². The van der Waals surface area contributed by atoms with Gasteiger partial charge in [-0.1, -0.05) is 0 Å². The summed E-state index contributed by atoms with van der Waals surface area (Å²) in [6.07, 6.45) is -0.159. The van der Waals surface area contributed by atoms with Crippen molar-refractivity contribution in [2.75, 3.05) is 13.2 Å². The number of amides is 1. The smallest absolute Gasteiger partial charge is 0.305 e. The zero-order valence-corrected chi connectivity index (χ0v) is 7.20. The lowest BCUT2D eigenvalue weighted by Gasteiger charge is -2.15. The van der Waals surface area contributed by atoms with E-state index in [2.05, 4.69) is 5.32 Å². The van der Waals surface area contributed by atoms with Crippen LogP contribution < -0.4 is 5.32 Å². The fraction of sp³-hybridized carbons (Fsp3) is 0.714. The van der Waals surface area contributed by atoms with Crippen LogP contribution in [0.5, 0.6) is 0 Å². The van der Waals surface area contributed by atoms with Gasteiger partial charge in [-0.3, -0.25) is 9.59 Å². The third kappa shape index (κ3) is 5.67. The van der Waals surface area contributed by atoms with Crippen LogP contribution in [0.1, 0.15) is 13.8 Å². The average Bonchev–Trinajstić information content (AvgIpc) is 2.00. The molecule has 0 radical (unpaired) electrons. The predicted octanol–water partition coefficient (Wildman–Crippen LogP) is -0.342. The van der Waals surface area contributed by atoms with Crippen molar-refractivity contribution in [2.24, 2.45) is 0 Å². The number of nitrogens with one attached hydrogen (secondary N) is 1. The lowest BCUT2D eigenvalue weighted by Crippen LogP contribution is -2.32. The molecule has 0 bridgehead atoms. The standard InChI is InChI=1S/C7H13NO4/c1-3-11-7(4-8-5-9)12-6(2)10/h5,7H,3-4H2,1-2H3,(H,8,9)/t7-/m1/s1. The van der Waals surface area contributed by atoms with Gasteiger partial charge in [0.1, 0.15) is 0 Å². The first-order valence-corrected chi connectivity index (χ1v) is 3.66. The van der Waals surface area contributed by atoms with Gasteiger partial charge in [0.05, 0.1) is 6.54 Å². The molecule has 12 heavy (non-hydrogen) atoms. The Labute approximate surface area is 71.0 Å². The lowest BCUT2D eigenvalue weighted by molar-refractivity contribution is -0.174. The van der Waals surface area contributed by atoms with Gasteiger partial charge in [0.25, 0.3) is 0 Å². The minimum Gasteiger partial charge on any atom is -0.434 e. The van der Waals surface area contributed by atoms with Gasteiger partial charge in [-0.2, -0.15) is 0 Å². The molecule has 0 rings (SSSR count). The number of ether oxygens (including phenoxy) is 2. The van der Waals surface area contributed by atoms with Crippen LogP contribution in [-0.2, 0) is 19.1 Å². The van der Waals surface area contributed by atoms with Crippen LogP contribution in [0.15, 0.2) is 0 Å². The minimum absolute atomic E-state index is 0.178. The van der Waals surface area contributed by atoms with E-state index in [9.17, 15) is 9.59 Å². The quantitative estimate of drug-likeness (QED) is 0.340. The Balaban J connectivity index is 3.68. The van der Waals surface area contributed by atoms with E-state index in [1.807, 2.05) is 0 Å². The largest absolute Gasteiger partial charge is 0.434 e. The number of hydrogen-bond donors (Lipinski definition) is 1. The second-order valence-electron chi connectivity index (χ2n) is 2.02. The van der Waals surface area contributed by atoms with Gasteiger partial charge in [0, 0.05) is 13.5 Å². The van der Waals surface area contributed by atoms with Gasteiger partial charge in [-0.25, -0.2) is 0 Å². The summed E-state index contributed by atoms with van der Waals surface area (Å²) >= 11 is 0. The van der Waals surface area contributed by atoms with Gasteiger partial charge in [0.2, 0.25) is 12.7 Å². The minimum atomic E-state index is -0.683. The molecular weight excluding hydrogens is 162 g/mol. The van der Waals surface area contributed by atoms with Crippen molar-refractivity contribution in [1.29, 1.82) is 0 Å². The number of carbonyl (C=O) groups is 2. The first kappa shape index (κ1) is 10.9. The van der Waals surface area contributed by atoms with Gasteiger partial charge >= 0.3 is 5.97 Å². The topological polar surface area (TPSA) is 64.6 Å². The third-order valence-electron chi connectivity index (χ3n) is 1.02. The second-order valence-corrected chi connectivity index (χ2v) is 2.02. The molecule has 70 valence electrons. The van der Waals surface area contributed by atoms with E-state index < -0.39 is 12.3 Å². The highest BCUT2D eigenvalue weighted by Crippen LogP contribution is 1.93. The molecule has 0 saturated carbocycles. The van der Waals surface area contributed by atoms with Crippen molar-refractivity contribution in [1.82, 2.24) is 5.32 Å². The summed E-state index contributed by atoms with van der Waals surface area (Å²) in [4.78, 5) is 20.4. The summed E-state index contributed by atoms with van der Waals surface area (Å²) in [7, 11) is 0. The van der Waals surface area contributed by atoms with Gasteiger partial charge < -0.3 is 14.8 Å². The molecule has 0 fully saturated rings. The van der Waals surface area contributed by atoms with Crippen molar-refractivity contribution < 1.29 is 19.1 Å². The molecule has 0 heterocycles. The molecule has 0 aromatic carbocycles. The Morgan fingerprint density at radius 3 is 2.75 bits per heavy atom. The Bertz CT molecular complexity index is 148. The van der Waals surface area contributed by atoms with E-state index in [0.717, 1.165) is 0 Å². The molecule has 0 aliphatic heterocycles. The molecule has 0 saturated heterocycles. The van der Waals surface area contributed by atoms with E-state index in [1.54, 1.807) is 6.92 Å². The molecule has 1 amide bonds. The van der Waals surface area contributed by atoms with Crippen molar-refractivity contribution >= 4 is 12.4 Å². The van der Waals surface area contributed by atoms with Crippen molar-refractivity contribution in [2.45, 2.75) is 20.1 Å². The molecule has 0 unspecified atom stereocenters. The maximum absolute atomic E-state index is 10.5. The molecule has 0 aliphatic carbocycles. The molecule has 0 aromatic heterocycles. The highest BCUT2D eigenvalue weighted by Gasteiger charge is 2.09. The van der Waals surface area contributed by atoms with Crippen LogP contribution in [0.3, 0.4) is 0 Å². The van der Waals surface area contributed by atoms with Crippen LogP contribution in [-0.4, -0.2) is 31.8 Å². The van der Waals surface area contributed by atoms with Crippen LogP contribution in [0.4, 0.5) is 0 Å². The van der Waals surface area contributed by atoms with E-state index >= 15 is 0 Å². The Morgan fingerprint density at radius 2 is 2.33 bits per heavy atom. The van der Waals surface area contributed by atoms with Crippen molar-refractivity contribution in [3.05, 3.63) is 0 Å². The number of esters is 1. The first-order valence-electron chi connectivity index (χ1n) is 3.66. The monoisotopic (exact) mass is 175 g/mol. The van der Waals surface area contributed by atoms with Crippen LogP contribution in [0.25, 0.3) is 0 Å². The fourth-order valence-corrected chi connectivity index (χ4v) is 0.650. The molecule has 1 N–H and O–H groups in total. The molecular formula is C7H13NO4. The molecule has 5 nitrogen and oxygen atoms in total. The summed E-state index contributed by atoms with van der Waals surface area (Å²) in [6, 6.07) is 0. The van der Waals surface area contributed by atoms with E-state index in [-0.39, 0.29) is 6.54 Å². The summed E-state index contributed by atoms with van der Waals surface area (Å²) in [5.74, 6) is -0.429. The normalized spacial score (nSPS) is 11.8. The number of carbonyl (C=O) groups excluding carboxylic acids is 2. The second kappa shape index (κ2) is 6.60. The van der Waals surface area contributed by atoms with Crippen molar-refractivity contribution in [3.63, 3.8) is 0 Å². The summed E-state index contributed by atoms with van der Waals surface area (Å²) < 4.78 is 9.70. The predicted molar refractivity (Wildman–Crippen MR) is 41.2 cm³/mol. The molecule has 1 atom stereocenters. The number of hydrogen-bond acceptors (Lipinski definition) is 4. The Hall–Kier alpha value is -1.10. The number of rotatable bonds is 6. The molecule has 5 heteroatoms. The first-order chi connectivity index (χ1) is 5.70. The average molecular weight is 175 g/mol. The highest BCUT2D eigenvalue weighted by molar-refractivity contribution is 5.66. The van der Waals surface area contributed by atoms with Gasteiger partial charge in [-0.15, -0.1) is 0 Å². The van der Waals surface area contributed by atoms with Crippen LogP contribution >= 0.6 is 0 Å². The molecule has 0 spiro atoms. The highest BCUT2D eigenvalue weighted by atomic mass is 16.7. The molecule has 0 aliphatic rings. The van der Waals surface area contributed by atoms with E-state index in [0.29, 0.717) is 13.0 Å². The summed E-state index contributed by atoms with van der Waals surface area (Å²) in [5, 5.41) is 2.36. The SMILES string of the molecule is CCO[C@@H](CNC=O)OC(C)=O. The van der Waals surface area contributed by atoms with E-state index in [4.69, 9.17) is 9.47 Å². The zero-order chi connectivity index (χ0) is 9.40. The fourth-order valence-electron chi connectivity index (χ4n) is 0.650.